The van der Waals surface area contributed by atoms with Gasteiger partial charge in [-0.2, -0.15) is 0 Å². The van der Waals surface area contributed by atoms with E-state index in [-0.39, 0.29) is 6.04 Å². The predicted octanol–water partition coefficient (Wildman–Crippen LogP) is 3.35. The molecule has 0 aliphatic carbocycles. The summed E-state index contributed by atoms with van der Waals surface area (Å²) in [6.45, 7) is 2.08. The van der Waals surface area contributed by atoms with Crippen molar-refractivity contribution in [3.8, 4) is 5.75 Å². The summed E-state index contributed by atoms with van der Waals surface area (Å²) in [7, 11) is 0. The van der Waals surface area contributed by atoms with Crippen molar-refractivity contribution in [3.05, 3.63) is 54.4 Å². The second kappa shape index (κ2) is 5.34. The molecule has 2 rings (SSSR count). The lowest BCUT2D eigenvalue weighted by Gasteiger charge is -2.19. The van der Waals surface area contributed by atoms with Crippen LogP contribution in [0.2, 0.25) is 0 Å². The van der Waals surface area contributed by atoms with Crippen LogP contribution in [-0.4, -0.2) is 10.1 Å². The number of aromatic nitrogens is 1. The van der Waals surface area contributed by atoms with E-state index in [9.17, 15) is 5.11 Å². The highest BCUT2D eigenvalue weighted by molar-refractivity contribution is 5.45. The zero-order chi connectivity index (χ0) is 12.1. The molecule has 1 aromatic heterocycles. The third-order valence-electron chi connectivity index (χ3n) is 2.72. The molecule has 2 aromatic rings. The number of hydrogen-bond acceptors (Lipinski definition) is 3. The second-order valence-electron chi connectivity index (χ2n) is 3.91. The number of anilines is 1. The summed E-state index contributed by atoms with van der Waals surface area (Å²) < 4.78 is 0. The van der Waals surface area contributed by atoms with Gasteiger partial charge in [0.25, 0.3) is 0 Å². The molecule has 2 N–H and O–H groups in total. The lowest BCUT2D eigenvalue weighted by Crippen LogP contribution is -2.09. The van der Waals surface area contributed by atoms with Crippen LogP contribution in [0.25, 0.3) is 0 Å². The van der Waals surface area contributed by atoms with Crippen molar-refractivity contribution < 1.29 is 5.11 Å². The molecule has 0 aliphatic heterocycles. The summed E-state index contributed by atoms with van der Waals surface area (Å²) in [6.07, 6.45) is 4.42. The van der Waals surface area contributed by atoms with E-state index in [0.717, 1.165) is 17.7 Å². The van der Waals surface area contributed by atoms with Gasteiger partial charge >= 0.3 is 0 Å². The van der Waals surface area contributed by atoms with Crippen LogP contribution in [0, 0.1) is 0 Å². The fourth-order valence-corrected chi connectivity index (χ4v) is 1.83. The topological polar surface area (TPSA) is 45.2 Å². The van der Waals surface area contributed by atoms with Crippen LogP contribution in [0.3, 0.4) is 0 Å². The highest BCUT2D eigenvalue weighted by Crippen LogP contribution is 2.28. The van der Waals surface area contributed by atoms with Crippen LogP contribution in [-0.2, 0) is 0 Å². The summed E-state index contributed by atoms with van der Waals surface area (Å²) in [4.78, 5) is 4.06. The Labute approximate surface area is 101 Å². The molecule has 0 bridgehead atoms. The molecule has 0 spiro atoms. The van der Waals surface area contributed by atoms with E-state index in [0.29, 0.717) is 5.75 Å². The van der Waals surface area contributed by atoms with Gasteiger partial charge in [-0.25, -0.2) is 0 Å². The molecule has 1 atom stereocenters. The lowest BCUT2D eigenvalue weighted by molar-refractivity contribution is 0.463. The fraction of sp³-hybridized carbons (Fsp3) is 0.214. The Morgan fingerprint density at radius 3 is 2.71 bits per heavy atom. The first-order valence-corrected chi connectivity index (χ1v) is 5.75. The first kappa shape index (κ1) is 11.5. The van der Waals surface area contributed by atoms with Crippen LogP contribution >= 0.6 is 0 Å². The molecular formula is C14H16N2O. The maximum Gasteiger partial charge on any atom is 0.120 e. The van der Waals surface area contributed by atoms with Crippen molar-refractivity contribution in [2.75, 3.05) is 5.32 Å². The van der Waals surface area contributed by atoms with E-state index >= 15 is 0 Å². The Morgan fingerprint density at radius 1 is 1.24 bits per heavy atom. The summed E-state index contributed by atoms with van der Waals surface area (Å²) in [6, 6.07) is 11.4. The number of nitrogens with one attached hydrogen (secondary N) is 1. The van der Waals surface area contributed by atoms with Crippen molar-refractivity contribution in [2.45, 2.75) is 19.4 Å². The van der Waals surface area contributed by atoms with Crippen LogP contribution in [0.1, 0.15) is 24.9 Å². The van der Waals surface area contributed by atoms with E-state index in [1.54, 1.807) is 18.5 Å². The summed E-state index contributed by atoms with van der Waals surface area (Å²) >= 11 is 0. The minimum absolute atomic E-state index is 0.0976. The van der Waals surface area contributed by atoms with E-state index in [4.69, 9.17) is 0 Å². The molecule has 3 nitrogen and oxygen atoms in total. The number of phenolic OH excluding ortho intramolecular Hbond substituents is 1. The van der Waals surface area contributed by atoms with E-state index < -0.39 is 0 Å². The van der Waals surface area contributed by atoms with Crippen LogP contribution < -0.4 is 5.32 Å². The van der Waals surface area contributed by atoms with Gasteiger partial charge < -0.3 is 10.4 Å². The largest absolute Gasteiger partial charge is 0.508 e. The number of pyridine rings is 1. The normalized spacial score (nSPS) is 12.1. The molecule has 0 amide bonds. The zero-order valence-corrected chi connectivity index (χ0v) is 9.80. The third-order valence-corrected chi connectivity index (χ3v) is 2.72. The molecular weight excluding hydrogens is 212 g/mol. The van der Waals surface area contributed by atoms with Gasteiger partial charge in [-0.3, -0.25) is 4.98 Å². The molecule has 0 radical (unpaired) electrons. The SMILES string of the molecule is CCC(Nc1cccnc1)c1ccccc1O. The quantitative estimate of drug-likeness (QED) is 0.843. The number of benzene rings is 1. The van der Waals surface area contributed by atoms with E-state index in [2.05, 4.69) is 17.2 Å². The summed E-state index contributed by atoms with van der Waals surface area (Å²) in [5.41, 5.74) is 1.88. The van der Waals surface area contributed by atoms with Gasteiger partial charge in [0, 0.05) is 18.0 Å². The van der Waals surface area contributed by atoms with Gasteiger partial charge in [-0.15, -0.1) is 0 Å². The number of aromatic hydroxyl groups is 1. The van der Waals surface area contributed by atoms with E-state index in [1.807, 2.05) is 30.3 Å². The van der Waals surface area contributed by atoms with Crippen molar-refractivity contribution in [1.82, 2.24) is 4.98 Å². The average Bonchev–Trinajstić information content (AvgIpc) is 2.38. The lowest BCUT2D eigenvalue weighted by atomic mass is 10.0. The highest BCUT2D eigenvalue weighted by atomic mass is 16.3. The van der Waals surface area contributed by atoms with E-state index in [1.165, 1.54) is 0 Å². The highest BCUT2D eigenvalue weighted by Gasteiger charge is 2.12. The van der Waals surface area contributed by atoms with Gasteiger partial charge in [0.2, 0.25) is 0 Å². The number of phenols is 1. The van der Waals surface area contributed by atoms with Gasteiger partial charge in [0.15, 0.2) is 0 Å². The standard InChI is InChI=1S/C14H16N2O/c1-2-13(12-7-3-4-8-14(12)17)16-11-6-5-9-15-10-11/h3-10,13,16-17H,2H2,1H3. The van der Waals surface area contributed by atoms with Gasteiger partial charge in [-0.05, 0) is 24.6 Å². The Balaban J connectivity index is 2.21. The summed E-state index contributed by atoms with van der Waals surface area (Å²) in [5, 5.41) is 13.2. The van der Waals surface area contributed by atoms with Crippen LogP contribution in [0.4, 0.5) is 5.69 Å². The van der Waals surface area contributed by atoms with Gasteiger partial charge in [-0.1, -0.05) is 25.1 Å². The molecule has 0 fully saturated rings. The van der Waals surface area contributed by atoms with Crippen LogP contribution in [0.15, 0.2) is 48.8 Å². The Hall–Kier alpha value is -2.03. The average molecular weight is 228 g/mol. The van der Waals surface area contributed by atoms with Crippen molar-refractivity contribution in [1.29, 1.82) is 0 Å². The molecule has 88 valence electrons. The number of rotatable bonds is 4. The fourth-order valence-electron chi connectivity index (χ4n) is 1.83. The zero-order valence-electron chi connectivity index (χ0n) is 9.80. The van der Waals surface area contributed by atoms with Crippen molar-refractivity contribution in [3.63, 3.8) is 0 Å². The van der Waals surface area contributed by atoms with Crippen molar-refractivity contribution in [2.24, 2.45) is 0 Å². The minimum Gasteiger partial charge on any atom is -0.508 e. The predicted molar refractivity (Wildman–Crippen MR) is 69.0 cm³/mol. The first-order chi connectivity index (χ1) is 8.31. The monoisotopic (exact) mass is 228 g/mol. The first-order valence-electron chi connectivity index (χ1n) is 5.75. The molecule has 0 saturated carbocycles. The van der Waals surface area contributed by atoms with Gasteiger partial charge in [0.05, 0.1) is 11.7 Å². The smallest absolute Gasteiger partial charge is 0.120 e. The Morgan fingerprint density at radius 2 is 2.06 bits per heavy atom. The number of para-hydroxylation sites is 1. The van der Waals surface area contributed by atoms with Gasteiger partial charge in [0.1, 0.15) is 5.75 Å². The summed E-state index contributed by atoms with van der Waals surface area (Å²) in [5.74, 6) is 0.329. The molecule has 1 unspecified atom stereocenters. The van der Waals surface area contributed by atoms with Crippen LogP contribution in [0.5, 0.6) is 5.75 Å². The maximum absolute atomic E-state index is 9.83. The second-order valence-corrected chi connectivity index (χ2v) is 3.91. The minimum atomic E-state index is 0.0976. The third kappa shape index (κ3) is 2.75. The Kier molecular flexibility index (Phi) is 3.60. The maximum atomic E-state index is 9.83. The molecule has 0 saturated heterocycles. The molecule has 1 aromatic carbocycles. The number of hydrogen-bond donors (Lipinski definition) is 2. The Bertz CT molecular complexity index is 471. The van der Waals surface area contributed by atoms with Crippen molar-refractivity contribution >= 4 is 5.69 Å². The molecule has 0 aliphatic rings. The molecule has 1 heterocycles. The molecule has 3 heteroatoms. The molecule has 17 heavy (non-hydrogen) atoms. The number of nitrogens with zero attached hydrogens (tertiary/aromatic N) is 1.